The van der Waals surface area contributed by atoms with Gasteiger partial charge in [0.05, 0.1) is 19.6 Å². The minimum absolute atomic E-state index is 0.0183. The lowest BCUT2D eigenvalue weighted by Gasteiger charge is -2.38. The Kier molecular flexibility index (Phi) is 14.1. The zero-order chi connectivity index (χ0) is 30.6. The van der Waals surface area contributed by atoms with E-state index in [4.69, 9.17) is 9.47 Å². The fraction of sp³-hybridized carbons (Fsp3) is 0.667. The molecule has 0 radical (unpaired) electrons. The van der Waals surface area contributed by atoms with Crippen molar-refractivity contribution < 1.29 is 33.8 Å². The second-order valence-corrected chi connectivity index (χ2v) is 11.5. The van der Waals surface area contributed by atoms with Gasteiger partial charge in [-0.3, -0.25) is 14.4 Å². The fourth-order valence-electron chi connectivity index (χ4n) is 4.12. The highest BCUT2D eigenvalue weighted by Crippen LogP contribution is 2.29. The van der Waals surface area contributed by atoms with E-state index in [-0.39, 0.29) is 19.6 Å². The lowest BCUT2D eigenvalue weighted by Crippen LogP contribution is -2.56. The molecule has 3 unspecified atom stereocenters. The second-order valence-electron chi connectivity index (χ2n) is 11.5. The number of rotatable bonds is 14. The minimum atomic E-state index is -1.34. The molecule has 3 atom stereocenters. The molecule has 226 valence electrons. The number of hydrogen-bond donors (Lipinski definition) is 3. The van der Waals surface area contributed by atoms with E-state index in [2.05, 4.69) is 24.5 Å². The van der Waals surface area contributed by atoms with Crippen LogP contribution in [0.15, 0.2) is 18.2 Å². The van der Waals surface area contributed by atoms with Crippen molar-refractivity contribution >= 4 is 23.9 Å². The van der Waals surface area contributed by atoms with Crippen molar-refractivity contribution in [3.63, 3.8) is 0 Å². The first-order valence-corrected chi connectivity index (χ1v) is 14.0. The number of nitrogens with one attached hydrogen (secondary N) is 2. The highest BCUT2D eigenvalue weighted by atomic mass is 16.6. The quantitative estimate of drug-likeness (QED) is 0.292. The molecule has 0 heterocycles. The number of carbonyl (C=O) groups excluding carboxylic acids is 4. The summed E-state index contributed by atoms with van der Waals surface area (Å²) in [5.41, 5.74) is 1.74. The average Bonchev–Trinajstić information content (AvgIpc) is 2.84. The highest BCUT2D eigenvalue weighted by molar-refractivity contribution is 5.92. The molecule has 0 spiro atoms. The third-order valence-electron chi connectivity index (χ3n) is 6.37. The molecule has 0 aliphatic heterocycles. The summed E-state index contributed by atoms with van der Waals surface area (Å²) in [6.07, 6.45) is 0.510. The summed E-state index contributed by atoms with van der Waals surface area (Å²) in [5, 5.41) is 15.4. The van der Waals surface area contributed by atoms with Crippen LogP contribution in [0.1, 0.15) is 90.5 Å². The molecular weight excluding hydrogens is 514 g/mol. The van der Waals surface area contributed by atoms with Gasteiger partial charge in [-0.2, -0.15) is 0 Å². The van der Waals surface area contributed by atoms with Crippen LogP contribution in [0.3, 0.4) is 0 Å². The topological polar surface area (TPSA) is 134 Å². The first-order valence-electron chi connectivity index (χ1n) is 14.0. The maximum atomic E-state index is 14.0. The van der Waals surface area contributed by atoms with Crippen molar-refractivity contribution in [3.05, 3.63) is 34.9 Å². The van der Waals surface area contributed by atoms with Crippen molar-refractivity contribution in [2.24, 2.45) is 5.92 Å². The van der Waals surface area contributed by atoms with Crippen LogP contribution in [0.25, 0.3) is 0 Å². The van der Waals surface area contributed by atoms with E-state index in [1.54, 1.807) is 33.8 Å². The van der Waals surface area contributed by atoms with E-state index in [9.17, 15) is 24.3 Å². The number of aliphatic hydroxyl groups excluding tert-OH is 1. The van der Waals surface area contributed by atoms with Crippen LogP contribution in [-0.4, -0.2) is 71.3 Å². The Bertz CT molecular complexity index is 1000. The molecule has 1 rings (SSSR count). The normalized spacial score (nSPS) is 13.7. The van der Waals surface area contributed by atoms with Gasteiger partial charge in [0.15, 0.2) is 0 Å². The Labute approximate surface area is 239 Å². The van der Waals surface area contributed by atoms with Gasteiger partial charge in [-0.1, -0.05) is 32.0 Å². The summed E-state index contributed by atoms with van der Waals surface area (Å²) in [6, 6.07) is 2.70. The monoisotopic (exact) mass is 563 g/mol. The molecule has 1 aromatic rings. The second kappa shape index (κ2) is 16.2. The molecule has 0 aromatic heterocycles. The Balaban J connectivity index is 3.52. The van der Waals surface area contributed by atoms with Gasteiger partial charge in [0.1, 0.15) is 17.7 Å². The smallest absolute Gasteiger partial charge is 0.408 e. The number of benzene rings is 1. The number of amides is 3. The molecule has 10 heteroatoms. The van der Waals surface area contributed by atoms with Crippen LogP contribution >= 0.6 is 0 Å². The van der Waals surface area contributed by atoms with Crippen molar-refractivity contribution in [3.8, 4) is 0 Å². The SMILES string of the molecule is CCOC(=O)CCNC(=O)C(c1ccc(C)c(C)c1)N(C(=O)C(CO)NC(=O)OC(C)(C)C)C(C)CCC(C)C. The molecule has 1 aromatic carbocycles. The zero-order valence-corrected chi connectivity index (χ0v) is 25.6. The molecule has 0 aliphatic rings. The summed E-state index contributed by atoms with van der Waals surface area (Å²) >= 11 is 0. The largest absolute Gasteiger partial charge is 0.466 e. The first kappa shape index (κ1) is 34.9. The van der Waals surface area contributed by atoms with E-state index in [0.717, 1.165) is 17.5 Å². The van der Waals surface area contributed by atoms with E-state index in [0.29, 0.717) is 17.9 Å². The van der Waals surface area contributed by atoms with E-state index in [1.807, 2.05) is 32.9 Å². The maximum Gasteiger partial charge on any atom is 0.408 e. The number of esters is 1. The van der Waals surface area contributed by atoms with E-state index < -0.39 is 54.2 Å². The number of aliphatic hydroxyl groups is 1. The molecule has 0 bridgehead atoms. The number of carbonyl (C=O) groups is 4. The fourth-order valence-corrected chi connectivity index (χ4v) is 4.12. The summed E-state index contributed by atoms with van der Waals surface area (Å²) in [4.78, 5) is 53.6. The van der Waals surface area contributed by atoms with Gasteiger partial charge in [0.2, 0.25) is 11.8 Å². The van der Waals surface area contributed by atoms with Crippen LogP contribution < -0.4 is 10.6 Å². The molecular formula is C30H49N3O7. The summed E-state index contributed by atoms with van der Waals surface area (Å²) < 4.78 is 10.3. The van der Waals surface area contributed by atoms with Gasteiger partial charge in [-0.05, 0) is 83.9 Å². The van der Waals surface area contributed by atoms with Crippen LogP contribution in [-0.2, 0) is 23.9 Å². The highest BCUT2D eigenvalue weighted by Gasteiger charge is 2.38. The Morgan fingerprint density at radius 3 is 2.20 bits per heavy atom. The van der Waals surface area contributed by atoms with Gasteiger partial charge in [0.25, 0.3) is 0 Å². The maximum absolute atomic E-state index is 14.0. The van der Waals surface area contributed by atoms with Crippen molar-refractivity contribution in [1.82, 2.24) is 15.5 Å². The van der Waals surface area contributed by atoms with Crippen LogP contribution in [0.4, 0.5) is 4.79 Å². The van der Waals surface area contributed by atoms with E-state index >= 15 is 0 Å². The van der Waals surface area contributed by atoms with Crippen molar-refractivity contribution in [2.75, 3.05) is 19.8 Å². The van der Waals surface area contributed by atoms with Crippen LogP contribution in [0, 0.1) is 19.8 Å². The van der Waals surface area contributed by atoms with Crippen LogP contribution in [0.5, 0.6) is 0 Å². The molecule has 40 heavy (non-hydrogen) atoms. The summed E-state index contributed by atoms with van der Waals surface area (Å²) in [5.74, 6) is -1.18. The number of hydrogen-bond acceptors (Lipinski definition) is 7. The molecule has 3 amide bonds. The van der Waals surface area contributed by atoms with Gasteiger partial charge in [-0.25, -0.2) is 4.79 Å². The average molecular weight is 564 g/mol. The summed E-state index contributed by atoms with van der Waals surface area (Å²) in [7, 11) is 0. The third-order valence-corrected chi connectivity index (χ3v) is 6.37. The molecule has 3 N–H and O–H groups in total. The number of nitrogens with zero attached hydrogens (tertiary/aromatic N) is 1. The summed E-state index contributed by atoms with van der Waals surface area (Å²) in [6.45, 7) is 16.2. The lowest BCUT2D eigenvalue weighted by atomic mass is 9.95. The molecule has 0 saturated carbocycles. The lowest BCUT2D eigenvalue weighted by molar-refractivity contribution is -0.146. The molecule has 0 aliphatic carbocycles. The third kappa shape index (κ3) is 11.5. The number of aryl methyl sites for hydroxylation is 2. The molecule has 0 fully saturated rings. The predicted octanol–water partition coefficient (Wildman–Crippen LogP) is 3.95. The van der Waals surface area contributed by atoms with Gasteiger partial charge >= 0.3 is 12.1 Å². The van der Waals surface area contributed by atoms with Crippen LogP contribution in [0.2, 0.25) is 0 Å². The van der Waals surface area contributed by atoms with Gasteiger partial charge in [0, 0.05) is 12.6 Å². The predicted molar refractivity (Wildman–Crippen MR) is 154 cm³/mol. The first-order chi connectivity index (χ1) is 18.6. The van der Waals surface area contributed by atoms with Crippen molar-refractivity contribution in [2.45, 2.75) is 105 Å². The number of ether oxygens (including phenoxy) is 2. The van der Waals surface area contributed by atoms with Gasteiger partial charge in [-0.15, -0.1) is 0 Å². The Hall–Kier alpha value is -3.14. The standard InChI is InChI=1S/C30H49N3O7/c1-10-39-25(35)15-16-31-27(36)26(23-14-12-20(4)21(5)17-23)33(22(6)13-11-19(2)3)28(37)24(18-34)32-29(38)40-30(7,8)9/h12,14,17,19,22,24,26,34H,10-11,13,15-16,18H2,1-9H3,(H,31,36)(H,32,38). The molecule has 0 saturated heterocycles. The minimum Gasteiger partial charge on any atom is -0.466 e. The van der Waals surface area contributed by atoms with Gasteiger partial charge < -0.3 is 30.1 Å². The number of alkyl carbamates (subject to hydrolysis) is 1. The van der Waals surface area contributed by atoms with E-state index in [1.165, 1.54) is 4.90 Å². The Morgan fingerprint density at radius 2 is 1.68 bits per heavy atom. The molecule has 10 nitrogen and oxygen atoms in total. The van der Waals surface area contributed by atoms with Crippen molar-refractivity contribution in [1.29, 1.82) is 0 Å². The Morgan fingerprint density at radius 1 is 1.02 bits per heavy atom. The zero-order valence-electron chi connectivity index (χ0n) is 25.6.